The molecule has 0 aromatic rings. The molecule has 6 N–H and O–H groups in total. The van der Waals surface area contributed by atoms with Crippen LogP contribution in [0.2, 0.25) is 0 Å². The predicted octanol–water partition coefficient (Wildman–Crippen LogP) is -1.69. The first-order valence-corrected chi connectivity index (χ1v) is 6.97. The summed E-state index contributed by atoms with van der Waals surface area (Å²) >= 11 is 0. The Hall–Kier alpha value is -1.61. The Labute approximate surface area is 123 Å². The van der Waals surface area contributed by atoms with Crippen LogP contribution in [0.25, 0.3) is 0 Å². The molecular weight excluding hydrogens is 274 g/mol. The highest BCUT2D eigenvalue weighted by molar-refractivity contribution is 5.74. The number of allylic oxidation sites excluding steroid dienone is 2. The van der Waals surface area contributed by atoms with Gasteiger partial charge in [0.15, 0.2) is 0 Å². The van der Waals surface area contributed by atoms with Gasteiger partial charge >= 0.3 is 5.97 Å². The fourth-order valence-corrected chi connectivity index (χ4v) is 2.86. The number of hydrogen-bond donors (Lipinski definition) is 4. The zero-order valence-electron chi connectivity index (χ0n) is 12.1. The van der Waals surface area contributed by atoms with Gasteiger partial charge in [-0.2, -0.15) is 0 Å². The monoisotopic (exact) mass is 297 g/mol. The van der Waals surface area contributed by atoms with Gasteiger partial charge in [0.25, 0.3) is 0 Å². The summed E-state index contributed by atoms with van der Waals surface area (Å²) in [4.78, 5) is 15.0. The maximum absolute atomic E-state index is 11.4. The number of aliphatic hydroxyl groups excluding tert-OH is 1. The van der Waals surface area contributed by atoms with Gasteiger partial charge in [-0.25, -0.2) is 5.84 Å². The van der Waals surface area contributed by atoms with Crippen molar-refractivity contribution in [2.45, 2.75) is 24.7 Å². The van der Waals surface area contributed by atoms with E-state index >= 15 is 0 Å². The molecule has 3 atom stereocenters. The van der Waals surface area contributed by atoms with Gasteiger partial charge in [-0.3, -0.25) is 14.7 Å². The molecule has 0 radical (unpaired) electrons. The summed E-state index contributed by atoms with van der Waals surface area (Å²) in [5.74, 6) is 5.89. The third-order valence-corrected chi connectivity index (χ3v) is 3.93. The van der Waals surface area contributed by atoms with Gasteiger partial charge in [-0.05, 0) is 18.6 Å². The van der Waals surface area contributed by atoms with Crippen molar-refractivity contribution in [2.24, 2.45) is 11.6 Å². The Balaban J connectivity index is 2.17. The number of carboxylic acid groups (broad SMARTS) is 1. The van der Waals surface area contributed by atoms with E-state index < -0.39 is 24.3 Å². The van der Waals surface area contributed by atoms with Crippen LogP contribution >= 0.6 is 0 Å². The zero-order valence-corrected chi connectivity index (χ0v) is 12.1. The number of carbonyl (C=O) groups is 1. The molecule has 0 aromatic heterocycles. The quantitative estimate of drug-likeness (QED) is 0.444. The van der Waals surface area contributed by atoms with Crippen molar-refractivity contribution < 1.29 is 15.0 Å². The maximum atomic E-state index is 11.4. The van der Waals surface area contributed by atoms with Gasteiger partial charge in [-0.15, -0.1) is 0 Å². The first-order valence-electron chi connectivity index (χ1n) is 6.97. The lowest BCUT2D eigenvalue weighted by Gasteiger charge is -2.41. The normalized spacial score (nSPS) is 29.6. The highest BCUT2D eigenvalue weighted by Crippen LogP contribution is 2.26. The number of nitrogens with zero attached hydrogens (tertiary/aromatic N) is 3. The molecule has 3 unspecified atom stereocenters. The molecule has 8 nitrogen and oxygen atoms in total. The third-order valence-electron chi connectivity index (χ3n) is 3.93. The summed E-state index contributed by atoms with van der Waals surface area (Å²) in [6.07, 6.45) is 4.68. The van der Waals surface area contributed by atoms with Crippen molar-refractivity contribution >= 4 is 5.97 Å². The molecule has 0 bridgehead atoms. The van der Waals surface area contributed by atoms with Crippen LogP contribution in [0.4, 0.5) is 0 Å². The van der Waals surface area contributed by atoms with Crippen LogP contribution in [0.1, 0.15) is 6.42 Å². The fraction of sp³-hybridized carbons (Fsp3) is 0.615. The van der Waals surface area contributed by atoms with E-state index in [1.165, 1.54) is 5.01 Å². The molecule has 1 saturated heterocycles. The summed E-state index contributed by atoms with van der Waals surface area (Å²) in [5, 5.41) is 20.7. The fourth-order valence-electron chi connectivity index (χ4n) is 2.86. The Morgan fingerprint density at radius 2 is 2.29 bits per heavy atom. The molecule has 8 heteroatoms. The van der Waals surface area contributed by atoms with Crippen molar-refractivity contribution in [3.8, 4) is 0 Å². The smallest absolute Gasteiger partial charge is 0.323 e. The minimum atomic E-state index is -1.03. The SMILES string of the molecule is CN(CCN)C1=CC=CC(N2CCC(O)C2C(=O)O)N1N. The molecule has 21 heavy (non-hydrogen) atoms. The molecule has 0 aromatic carbocycles. The van der Waals surface area contributed by atoms with Crippen LogP contribution in [0.5, 0.6) is 0 Å². The second-order valence-corrected chi connectivity index (χ2v) is 5.32. The first-order chi connectivity index (χ1) is 9.97. The van der Waals surface area contributed by atoms with E-state index in [1.54, 1.807) is 4.90 Å². The van der Waals surface area contributed by atoms with E-state index in [-0.39, 0.29) is 0 Å². The van der Waals surface area contributed by atoms with Gasteiger partial charge < -0.3 is 20.8 Å². The summed E-state index contributed by atoms with van der Waals surface area (Å²) in [6.45, 7) is 1.62. The van der Waals surface area contributed by atoms with Crippen LogP contribution < -0.4 is 11.6 Å². The number of likely N-dealkylation sites (tertiary alicyclic amines) is 1. The number of rotatable bonds is 5. The van der Waals surface area contributed by atoms with Crippen LogP contribution in [-0.4, -0.2) is 76.0 Å². The van der Waals surface area contributed by atoms with E-state index in [4.69, 9.17) is 11.6 Å². The third kappa shape index (κ3) is 3.03. The van der Waals surface area contributed by atoms with Crippen LogP contribution in [0, 0.1) is 0 Å². The number of aliphatic hydroxyl groups is 1. The van der Waals surface area contributed by atoms with Crippen molar-refractivity contribution in [1.29, 1.82) is 0 Å². The maximum Gasteiger partial charge on any atom is 0.323 e. The van der Waals surface area contributed by atoms with E-state index in [2.05, 4.69) is 0 Å². The lowest BCUT2D eigenvalue weighted by atomic mass is 10.1. The molecule has 118 valence electrons. The Bertz CT molecular complexity index is 453. The number of aliphatic carboxylic acids is 1. The number of nitrogens with two attached hydrogens (primary N) is 2. The Morgan fingerprint density at radius 1 is 1.57 bits per heavy atom. The molecule has 2 heterocycles. The lowest BCUT2D eigenvalue weighted by molar-refractivity contribution is -0.147. The van der Waals surface area contributed by atoms with Gasteiger partial charge in [0.1, 0.15) is 18.0 Å². The summed E-state index contributed by atoms with van der Waals surface area (Å²) < 4.78 is 0. The Morgan fingerprint density at radius 3 is 2.90 bits per heavy atom. The highest BCUT2D eigenvalue weighted by Gasteiger charge is 2.43. The van der Waals surface area contributed by atoms with Crippen LogP contribution in [0.15, 0.2) is 24.0 Å². The summed E-state index contributed by atoms with van der Waals surface area (Å²) in [5.41, 5.74) is 5.55. The largest absolute Gasteiger partial charge is 0.480 e. The number of carboxylic acids is 1. The van der Waals surface area contributed by atoms with Crippen molar-refractivity contribution in [3.05, 3.63) is 24.0 Å². The van der Waals surface area contributed by atoms with E-state index in [1.807, 2.05) is 30.2 Å². The lowest BCUT2D eigenvalue weighted by Crippen LogP contribution is -2.57. The van der Waals surface area contributed by atoms with Crippen molar-refractivity contribution in [3.63, 3.8) is 0 Å². The number of likely N-dealkylation sites (N-methyl/N-ethyl adjacent to an activating group) is 1. The molecule has 0 saturated carbocycles. The van der Waals surface area contributed by atoms with Crippen LogP contribution in [0.3, 0.4) is 0 Å². The minimum Gasteiger partial charge on any atom is -0.480 e. The summed E-state index contributed by atoms with van der Waals surface area (Å²) in [6, 6.07) is -0.940. The van der Waals surface area contributed by atoms with E-state index in [0.717, 1.165) is 5.82 Å². The predicted molar refractivity (Wildman–Crippen MR) is 77.5 cm³/mol. The van der Waals surface area contributed by atoms with E-state index in [9.17, 15) is 15.0 Å². The molecule has 2 rings (SSSR count). The standard InChI is InChI=1S/C13H23N5O3/c1-16(8-6-14)10-3-2-4-11(18(10)15)17-7-5-9(19)12(17)13(20)21/h2-4,9,11-12,19H,5-8,14-15H2,1H3,(H,20,21). The summed E-state index contributed by atoms with van der Waals surface area (Å²) in [7, 11) is 1.88. The molecule has 1 fully saturated rings. The van der Waals surface area contributed by atoms with Crippen molar-refractivity contribution in [1.82, 2.24) is 14.8 Å². The van der Waals surface area contributed by atoms with Gasteiger partial charge in [-0.1, -0.05) is 6.08 Å². The molecule has 0 aliphatic carbocycles. The zero-order chi connectivity index (χ0) is 15.6. The molecule has 2 aliphatic heterocycles. The average molecular weight is 297 g/mol. The number of hydrogen-bond acceptors (Lipinski definition) is 7. The van der Waals surface area contributed by atoms with E-state index in [0.29, 0.717) is 26.1 Å². The van der Waals surface area contributed by atoms with Gasteiger partial charge in [0.05, 0.1) is 6.10 Å². The molecule has 2 aliphatic rings. The van der Waals surface area contributed by atoms with Gasteiger partial charge in [0.2, 0.25) is 0 Å². The number of hydrazine groups is 1. The highest BCUT2D eigenvalue weighted by atomic mass is 16.4. The second-order valence-electron chi connectivity index (χ2n) is 5.32. The van der Waals surface area contributed by atoms with Crippen LogP contribution in [-0.2, 0) is 4.79 Å². The average Bonchev–Trinajstić information content (AvgIpc) is 2.81. The Kier molecular flexibility index (Phi) is 4.84. The topological polar surface area (TPSA) is 119 Å². The van der Waals surface area contributed by atoms with Gasteiger partial charge in [0, 0.05) is 26.7 Å². The van der Waals surface area contributed by atoms with Crippen molar-refractivity contribution in [2.75, 3.05) is 26.7 Å². The second kappa shape index (κ2) is 6.44. The first kappa shape index (κ1) is 15.8. The molecule has 0 spiro atoms. The minimum absolute atomic E-state index is 0.400. The molecular formula is C13H23N5O3. The molecule has 0 amide bonds.